The number of amides is 1. The minimum Gasteiger partial charge on any atom is -0.387 e. The Morgan fingerprint density at radius 1 is 1.23 bits per heavy atom. The number of ether oxygens (including phenoxy) is 1. The number of aliphatic imine (C=N–C) groups is 1. The van der Waals surface area contributed by atoms with Gasteiger partial charge in [-0.3, -0.25) is 14.4 Å². The molecule has 2 aliphatic rings. The fourth-order valence-electron chi connectivity index (χ4n) is 4.92. The molecule has 4 atom stereocenters. The van der Waals surface area contributed by atoms with Gasteiger partial charge in [-0.1, -0.05) is 12.1 Å². The highest BCUT2D eigenvalue weighted by atomic mass is 16.6. The minimum atomic E-state index is -1.29. The van der Waals surface area contributed by atoms with Crippen molar-refractivity contribution in [2.75, 3.05) is 36.8 Å². The summed E-state index contributed by atoms with van der Waals surface area (Å²) >= 11 is 0. The van der Waals surface area contributed by atoms with Crippen LogP contribution in [0.25, 0.3) is 11.2 Å². The zero-order valence-corrected chi connectivity index (χ0v) is 22.4. The number of hydrogen-bond donors (Lipinski definition) is 6. The van der Waals surface area contributed by atoms with Crippen molar-refractivity contribution < 1.29 is 24.3 Å². The smallest absolute Gasteiger partial charge is 0.226 e. The fourth-order valence-corrected chi connectivity index (χ4v) is 4.92. The van der Waals surface area contributed by atoms with Crippen molar-refractivity contribution in [3.05, 3.63) is 23.8 Å². The predicted molar refractivity (Wildman–Crippen MR) is 144 cm³/mol. The molecular formula is C24H35N11O5. The number of nitrogens with two attached hydrogens (primary N) is 2. The standard InChI is InChI=1S/C24H35N11O5/c1-3-13-10-15(40-33-13)19-17(37)18(38)22(39-19)35-11-29-16-20(30-14-4-8-34(9-5-14)12(2)36)31-24(32-21(16)35)28-7-6-27-23(25)26/h10-11,14,17-19,22,37-38H,3-9H2,1-2H3,(H4,25,26,27)(H2,28,30,31,32)/t17-,18+,19+,22+/m0/s1. The largest absolute Gasteiger partial charge is 0.387 e. The second kappa shape index (κ2) is 11.6. The molecule has 1 amide bonds. The molecule has 216 valence electrons. The van der Waals surface area contributed by atoms with Crippen LogP contribution in [-0.2, 0) is 16.0 Å². The third kappa shape index (κ3) is 5.64. The lowest BCUT2D eigenvalue weighted by Gasteiger charge is -2.32. The number of aromatic nitrogens is 5. The maximum atomic E-state index is 11.7. The Kier molecular flexibility index (Phi) is 7.99. The summed E-state index contributed by atoms with van der Waals surface area (Å²) in [6.07, 6.45) is -0.842. The monoisotopic (exact) mass is 557 g/mol. The molecule has 8 N–H and O–H groups in total. The molecule has 0 radical (unpaired) electrons. The highest BCUT2D eigenvalue weighted by Gasteiger charge is 2.47. The van der Waals surface area contributed by atoms with Crippen molar-refractivity contribution in [3.8, 4) is 0 Å². The summed E-state index contributed by atoms with van der Waals surface area (Å²) in [4.78, 5) is 31.3. The quantitative estimate of drug-likeness (QED) is 0.111. The van der Waals surface area contributed by atoms with Crippen LogP contribution in [0.4, 0.5) is 11.8 Å². The van der Waals surface area contributed by atoms with Crippen molar-refractivity contribution in [3.63, 3.8) is 0 Å². The van der Waals surface area contributed by atoms with E-state index in [0.717, 1.165) is 12.8 Å². The number of piperidine rings is 1. The van der Waals surface area contributed by atoms with Crippen molar-refractivity contribution in [2.45, 2.75) is 63.7 Å². The van der Waals surface area contributed by atoms with E-state index in [4.69, 9.17) is 20.7 Å². The lowest BCUT2D eigenvalue weighted by molar-refractivity contribution is -0.129. The van der Waals surface area contributed by atoms with Crippen molar-refractivity contribution in [1.29, 1.82) is 0 Å². The Hall–Kier alpha value is -4.02. The van der Waals surface area contributed by atoms with Gasteiger partial charge >= 0.3 is 0 Å². The molecule has 0 saturated carbocycles. The van der Waals surface area contributed by atoms with E-state index in [1.807, 2.05) is 11.8 Å². The second-order valence-electron chi connectivity index (χ2n) is 9.88. The van der Waals surface area contributed by atoms with Crippen LogP contribution in [0, 0.1) is 0 Å². The van der Waals surface area contributed by atoms with Gasteiger partial charge in [0.05, 0.1) is 18.6 Å². The number of nitrogens with one attached hydrogen (secondary N) is 2. The molecule has 16 nitrogen and oxygen atoms in total. The summed E-state index contributed by atoms with van der Waals surface area (Å²) in [5.41, 5.74) is 12.4. The number of carbonyl (C=O) groups excluding carboxylic acids is 1. The van der Waals surface area contributed by atoms with E-state index in [1.54, 1.807) is 17.6 Å². The first-order valence-corrected chi connectivity index (χ1v) is 13.3. The first kappa shape index (κ1) is 27.5. The van der Waals surface area contributed by atoms with Crippen LogP contribution < -0.4 is 22.1 Å². The molecule has 3 aromatic heterocycles. The molecule has 2 fully saturated rings. The molecule has 0 spiro atoms. The van der Waals surface area contributed by atoms with Crippen LogP contribution in [0.1, 0.15) is 50.5 Å². The number of guanidine groups is 1. The minimum absolute atomic E-state index is 0.0196. The van der Waals surface area contributed by atoms with E-state index in [0.29, 0.717) is 61.0 Å². The Morgan fingerprint density at radius 2 is 2.00 bits per heavy atom. The van der Waals surface area contributed by atoms with E-state index >= 15 is 0 Å². The molecule has 5 rings (SSSR count). The van der Waals surface area contributed by atoms with Crippen molar-refractivity contribution in [2.24, 2.45) is 16.5 Å². The number of imidazole rings is 1. The summed E-state index contributed by atoms with van der Waals surface area (Å²) in [6, 6.07) is 1.77. The zero-order valence-electron chi connectivity index (χ0n) is 22.4. The molecule has 0 aliphatic carbocycles. The van der Waals surface area contributed by atoms with Crippen LogP contribution in [0.3, 0.4) is 0 Å². The Morgan fingerprint density at radius 3 is 2.67 bits per heavy atom. The number of likely N-dealkylation sites (tertiary alicyclic amines) is 1. The van der Waals surface area contributed by atoms with Crippen LogP contribution in [0.15, 0.2) is 21.9 Å². The Labute approximate surface area is 229 Å². The maximum absolute atomic E-state index is 11.7. The molecule has 16 heteroatoms. The van der Waals surface area contributed by atoms with Gasteiger partial charge in [0, 0.05) is 38.7 Å². The van der Waals surface area contributed by atoms with Gasteiger partial charge in [-0.05, 0) is 19.3 Å². The topological polar surface area (TPSA) is 228 Å². The normalized spacial score (nSPS) is 23.4. The van der Waals surface area contributed by atoms with Crippen molar-refractivity contribution >= 4 is 34.8 Å². The number of aryl methyl sites for hydroxylation is 1. The number of fused-ring (bicyclic) bond motifs is 1. The number of anilines is 2. The highest BCUT2D eigenvalue weighted by Crippen LogP contribution is 2.40. The molecule has 5 heterocycles. The van der Waals surface area contributed by atoms with Gasteiger partial charge in [0.25, 0.3) is 0 Å². The van der Waals surface area contributed by atoms with Gasteiger partial charge < -0.3 is 46.5 Å². The number of aliphatic hydroxyl groups excluding tert-OH is 2. The van der Waals surface area contributed by atoms with E-state index in [1.165, 1.54) is 6.33 Å². The van der Waals surface area contributed by atoms with Crippen LogP contribution >= 0.6 is 0 Å². The van der Waals surface area contributed by atoms with Crippen LogP contribution in [0.5, 0.6) is 0 Å². The molecule has 0 aromatic carbocycles. The van der Waals surface area contributed by atoms with E-state index in [9.17, 15) is 15.0 Å². The summed E-state index contributed by atoms with van der Waals surface area (Å²) in [5, 5.41) is 32.3. The van der Waals surface area contributed by atoms with Gasteiger partial charge in [-0.25, -0.2) is 4.98 Å². The van der Waals surface area contributed by atoms with Crippen LogP contribution in [-0.4, -0.2) is 96.1 Å². The molecular weight excluding hydrogens is 522 g/mol. The third-order valence-corrected chi connectivity index (χ3v) is 7.12. The average Bonchev–Trinajstić information content (AvgIpc) is 3.65. The number of nitrogens with zero attached hydrogens (tertiary/aromatic N) is 7. The predicted octanol–water partition coefficient (Wildman–Crippen LogP) is -0.523. The molecule has 3 aromatic rings. The number of carbonyl (C=O) groups is 1. The SMILES string of the molecule is CCc1cc([C@H]2O[C@@H](n3cnc4c(NC5CCN(C(C)=O)CC5)nc(NCCN=C(N)N)nc43)[C@H](O)[C@@H]2O)on1. The summed E-state index contributed by atoms with van der Waals surface area (Å²) in [6.45, 7) is 5.46. The maximum Gasteiger partial charge on any atom is 0.226 e. The lowest BCUT2D eigenvalue weighted by atomic mass is 10.1. The van der Waals surface area contributed by atoms with Gasteiger partial charge in [0.1, 0.15) is 18.3 Å². The number of rotatable bonds is 9. The molecule has 2 aliphatic heterocycles. The third-order valence-electron chi connectivity index (χ3n) is 7.12. The summed E-state index contributed by atoms with van der Waals surface area (Å²) in [7, 11) is 0. The number of aliphatic hydroxyl groups is 2. The first-order chi connectivity index (χ1) is 19.2. The van der Waals surface area contributed by atoms with Gasteiger partial charge in [0.15, 0.2) is 34.9 Å². The van der Waals surface area contributed by atoms with Gasteiger partial charge in [-0.2, -0.15) is 9.97 Å². The van der Waals surface area contributed by atoms with Crippen LogP contribution in [0.2, 0.25) is 0 Å². The molecule has 2 saturated heterocycles. The molecule has 40 heavy (non-hydrogen) atoms. The van der Waals surface area contributed by atoms with E-state index in [-0.39, 0.29) is 23.9 Å². The first-order valence-electron chi connectivity index (χ1n) is 13.3. The summed E-state index contributed by atoms with van der Waals surface area (Å²) < 4.78 is 13.0. The average molecular weight is 558 g/mol. The molecule has 0 bridgehead atoms. The molecule has 0 unspecified atom stereocenters. The lowest BCUT2D eigenvalue weighted by Crippen LogP contribution is -2.41. The number of hydrogen-bond acceptors (Lipinski definition) is 12. The highest BCUT2D eigenvalue weighted by molar-refractivity contribution is 5.84. The van der Waals surface area contributed by atoms with Crippen molar-refractivity contribution in [1.82, 2.24) is 29.6 Å². The van der Waals surface area contributed by atoms with Gasteiger partial charge in [-0.15, -0.1) is 0 Å². The summed E-state index contributed by atoms with van der Waals surface area (Å²) in [5.74, 6) is 1.14. The fraction of sp³-hybridized carbons (Fsp3) is 0.583. The Balaban J connectivity index is 1.43. The van der Waals surface area contributed by atoms with E-state index < -0.39 is 24.5 Å². The van der Waals surface area contributed by atoms with E-state index in [2.05, 4.69) is 35.7 Å². The zero-order chi connectivity index (χ0) is 28.4. The second-order valence-corrected chi connectivity index (χ2v) is 9.88. The van der Waals surface area contributed by atoms with Gasteiger partial charge in [0.2, 0.25) is 11.9 Å². The Bertz CT molecular complexity index is 1360.